The Morgan fingerprint density at radius 2 is 1.82 bits per heavy atom. The molecule has 0 heterocycles. The number of aliphatic hydroxyl groups is 1. The Kier molecular flexibility index (Phi) is 5.63. The van der Waals surface area contributed by atoms with E-state index in [1.54, 1.807) is 0 Å². The lowest BCUT2D eigenvalue weighted by atomic mass is 9.94. The molecule has 0 radical (unpaired) electrons. The molecule has 1 rings (SSSR count). The molecule has 0 bridgehead atoms. The Hall–Kier alpha value is -0.380. The predicted octanol–water partition coefficient (Wildman–Crippen LogP) is 3.23. The maximum absolute atomic E-state index is 9.50. The van der Waals surface area contributed by atoms with E-state index < -0.39 is 12.6 Å². The van der Waals surface area contributed by atoms with Gasteiger partial charge in [-0.25, -0.2) is 0 Å². The highest BCUT2D eigenvalue weighted by molar-refractivity contribution is 4.76. The number of hydrogen-bond acceptors (Lipinski definition) is 3. The third-order valence-corrected chi connectivity index (χ3v) is 3.04. The third kappa shape index (κ3) is 5.19. The molecule has 1 N–H and O–H groups in total. The van der Waals surface area contributed by atoms with Gasteiger partial charge < -0.3 is 14.6 Å². The van der Waals surface area contributed by atoms with Crippen LogP contribution in [0.2, 0.25) is 0 Å². The van der Waals surface area contributed by atoms with E-state index in [-0.39, 0.29) is 11.5 Å². The first-order valence-corrected chi connectivity index (χ1v) is 6.55. The fourth-order valence-corrected chi connectivity index (χ4v) is 2.00. The van der Waals surface area contributed by atoms with Crippen LogP contribution >= 0.6 is 0 Å². The molecule has 0 aromatic heterocycles. The van der Waals surface area contributed by atoms with Gasteiger partial charge in [0.1, 0.15) is 0 Å². The van der Waals surface area contributed by atoms with Gasteiger partial charge in [0.2, 0.25) is 0 Å². The summed E-state index contributed by atoms with van der Waals surface area (Å²) in [6, 6.07) is 0. The summed E-state index contributed by atoms with van der Waals surface area (Å²) in [5, 5.41) is 9.50. The average Bonchev–Trinajstić information content (AvgIpc) is 2.28. The minimum Gasteiger partial charge on any atom is -0.365 e. The van der Waals surface area contributed by atoms with Gasteiger partial charge in [0.15, 0.2) is 12.6 Å². The summed E-state index contributed by atoms with van der Waals surface area (Å²) in [6.45, 7) is 9.67. The SMILES string of the molecule is C=C[C@H](O)O[C@@H](OC1CCCCC1)C(C)(C)C. The first kappa shape index (κ1) is 14.7. The fraction of sp³-hybridized carbons (Fsp3) is 0.857. The number of ether oxygens (including phenoxy) is 2. The minimum absolute atomic E-state index is 0.151. The maximum atomic E-state index is 9.50. The van der Waals surface area contributed by atoms with Gasteiger partial charge in [-0.05, 0) is 18.9 Å². The van der Waals surface area contributed by atoms with Gasteiger partial charge in [-0.2, -0.15) is 0 Å². The molecular weight excluding hydrogens is 216 g/mol. The van der Waals surface area contributed by atoms with Crippen LogP contribution in [0.1, 0.15) is 52.9 Å². The molecule has 0 amide bonds. The third-order valence-electron chi connectivity index (χ3n) is 3.04. The van der Waals surface area contributed by atoms with Crippen molar-refractivity contribution >= 4 is 0 Å². The summed E-state index contributed by atoms with van der Waals surface area (Å²) in [4.78, 5) is 0. The van der Waals surface area contributed by atoms with E-state index >= 15 is 0 Å². The van der Waals surface area contributed by atoms with E-state index in [0.717, 1.165) is 12.8 Å². The molecule has 1 aliphatic carbocycles. The lowest BCUT2D eigenvalue weighted by Gasteiger charge is -2.35. The zero-order chi connectivity index (χ0) is 12.9. The van der Waals surface area contributed by atoms with Gasteiger partial charge in [0.05, 0.1) is 6.10 Å². The van der Waals surface area contributed by atoms with Gasteiger partial charge in [-0.1, -0.05) is 46.6 Å². The summed E-state index contributed by atoms with van der Waals surface area (Å²) < 4.78 is 11.5. The van der Waals surface area contributed by atoms with Crippen LogP contribution < -0.4 is 0 Å². The first-order chi connectivity index (χ1) is 7.93. The summed E-state index contributed by atoms with van der Waals surface area (Å²) in [6.07, 6.45) is 6.25. The van der Waals surface area contributed by atoms with Crippen molar-refractivity contribution in [2.75, 3.05) is 0 Å². The molecule has 2 atom stereocenters. The van der Waals surface area contributed by atoms with Gasteiger partial charge in [-0.15, -0.1) is 0 Å². The molecule has 1 fully saturated rings. The van der Waals surface area contributed by atoms with Gasteiger partial charge in [0.25, 0.3) is 0 Å². The maximum Gasteiger partial charge on any atom is 0.176 e. The number of hydrogen-bond donors (Lipinski definition) is 1. The molecule has 0 spiro atoms. The Bertz CT molecular complexity index is 226. The minimum atomic E-state index is -0.956. The van der Waals surface area contributed by atoms with Crippen molar-refractivity contribution < 1.29 is 14.6 Å². The Labute approximate surface area is 105 Å². The van der Waals surface area contributed by atoms with E-state index in [4.69, 9.17) is 9.47 Å². The summed E-state index contributed by atoms with van der Waals surface area (Å²) >= 11 is 0. The van der Waals surface area contributed by atoms with Crippen molar-refractivity contribution in [1.29, 1.82) is 0 Å². The van der Waals surface area contributed by atoms with E-state index in [2.05, 4.69) is 27.4 Å². The first-order valence-electron chi connectivity index (χ1n) is 6.55. The number of aliphatic hydroxyl groups excluding tert-OH is 1. The second kappa shape index (κ2) is 6.53. The predicted molar refractivity (Wildman–Crippen MR) is 68.5 cm³/mol. The van der Waals surface area contributed by atoms with Crippen molar-refractivity contribution in [3.05, 3.63) is 12.7 Å². The van der Waals surface area contributed by atoms with Crippen LogP contribution in [0.25, 0.3) is 0 Å². The van der Waals surface area contributed by atoms with Crippen LogP contribution in [-0.2, 0) is 9.47 Å². The quantitative estimate of drug-likeness (QED) is 0.594. The summed E-state index contributed by atoms with van der Waals surface area (Å²) in [7, 11) is 0. The summed E-state index contributed by atoms with van der Waals surface area (Å²) in [5.41, 5.74) is -0.151. The second-order valence-electron chi connectivity index (χ2n) is 5.86. The molecule has 0 aromatic rings. The van der Waals surface area contributed by atoms with Crippen molar-refractivity contribution in [3.63, 3.8) is 0 Å². The molecule has 1 aliphatic rings. The monoisotopic (exact) mass is 242 g/mol. The summed E-state index contributed by atoms with van der Waals surface area (Å²) in [5.74, 6) is 0. The standard InChI is InChI=1S/C14H26O3/c1-5-12(15)17-13(14(2,3)4)16-11-9-7-6-8-10-11/h5,11-13,15H,1,6-10H2,2-4H3/t12-,13-/m1/s1. The van der Waals surface area contributed by atoms with Gasteiger partial charge in [0, 0.05) is 5.41 Å². The van der Waals surface area contributed by atoms with Crippen molar-refractivity contribution in [1.82, 2.24) is 0 Å². The highest BCUT2D eigenvalue weighted by atomic mass is 16.7. The van der Waals surface area contributed by atoms with E-state index in [0.29, 0.717) is 0 Å². The van der Waals surface area contributed by atoms with Crippen LogP contribution in [0.15, 0.2) is 12.7 Å². The molecule has 1 saturated carbocycles. The van der Waals surface area contributed by atoms with Crippen molar-refractivity contribution in [2.24, 2.45) is 5.41 Å². The topological polar surface area (TPSA) is 38.7 Å². The molecule has 0 unspecified atom stereocenters. The molecule has 3 heteroatoms. The molecule has 0 aromatic carbocycles. The van der Waals surface area contributed by atoms with E-state index in [9.17, 15) is 5.11 Å². The molecule has 17 heavy (non-hydrogen) atoms. The van der Waals surface area contributed by atoms with Crippen LogP contribution in [0.5, 0.6) is 0 Å². The van der Waals surface area contributed by atoms with Crippen molar-refractivity contribution in [3.8, 4) is 0 Å². The zero-order valence-corrected chi connectivity index (χ0v) is 11.3. The molecule has 0 saturated heterocycles. The second-order valence-corrected chi connectivity index (χ2v) is 5.86. The van der Waals surface area contributed by atoms with Crippen LogP contribution in [0.3, 0.4) is 0 Å². The largest absolute Gasteiger partial charge is 0.365 e. The highest BCUT2D eigenvalue weighted by Crippen LogP contribution is 2.29. The van der Waals surface area contributed by atoms with Crippen molar-refractivity contribution in [2.45, 2.75) is 71.6 Å². The molecule has 3 nitrogen and oxygen atoms in total. The van der Waals surface area contributed by atoms with Crippen LogP contribution in [0, 0.1) is 5.41 Å². The molecular formula is C14H26O3. The highest BCUT2D eigenvalue weighted by Gasteiger charge is 2.31. The van der Waals surface area contributed by atoms with E-state index in [1.165, 1.54) is 25.3 Å². The lowest BCUT2D eigenvalue weighted by Crippen LogP contribution is -2.38. The fourth-order valence-electron chi connectivity index (χ4n) is 2.00. The lowest BCUT2D eigenvalue weighted by molar-refractivity contribution is -0.267. The van der Waals surface area contributed by atoms with Gasteiger partial charge in [-0.3, -0.25) is 0 Å². The molecule has 0 aliphatic heterocycles. The number of rotatable bonds is 5. The van der Waals surface area contributed by atoms with E-state index in [1.807, 2.05) is 0 Å². The molecule has 100 valence electrons. The average molecular weight is 242 g/mol. The Balaban J connectivity index is 2.53. The Morgan fingerprint density at radius 1 is 1.24 bits per heavy atom. The zero-order valence-electron chi connectivity index (χ0n) is 11.3. The van der Waals surface area contributed by atoms with Gasteiger partial charge >= 0.3 is 0 Å². The van der Waals surface area contributed by atoms with Crippen LogP contribution in [0.4, 0.5) is 0 Å². The smallest absolute Gasteiger partial charge is 0.176 e. The normalized spacial score (nSPS) is 22.1. The Morgan fingerprint density at radius 3 is 2.29 bits per heavy atom. The van der Waals surface area contributed by atoms with Crippen LogP contribution in [-0.4, -0.2) is 23.8 Å².